The Labute approximate surface area is 147 Å². The normalized spacial score (nSPS) is 20.0. The van der Waals surface area contributed by atoms with Crippen LogP contribution >= 0.6 is 0 Å². The van der Waals surface area contributed by atoms with Crippen LogP contribution in [-0.2, 0) is 21.2 Å². The molecular formula is C16H24N4O4S. The molecule has 1 aliphatic rings. The molecule has 0 radical (unpaired) electrons. The van der Waals surface area contributed by atoms with Gasteiger partial charge in [0.05, 0.1) is 11.5 Å². The van der Waals surface area contributed by atoms with Crippen LogP contribution in [0.1, 0.15) is 25.8 Å². The summed E-state index contributed by atoms with van der Waals surface area (Å²) in [5, 5.41) is 8.04. The molecule has 0 unspecified atom stereocenters. The molecule has 0 saturated carbocycles. The first-order valence-electron chi connectivity index (χ1n) is 8.21. The summed E-state index contributed by atoms with van der Waals surface area (Å²) in [6.07, 6.45) is 3.71. The van der Waals surface area contributed by atoms with E-state index in [9.17, 15) is 18.0 Å². The molecule has 25 heavy (non-hydrogen) atoms. The largest absolute Gasteiger partial charge is 0.350 e. The van der Waals surface area contributed by atoms with Crippen LogP contribution in [0.3, 0.4) is 0 Å². The molecule has 3 amide bonds. The smallest absolute Gasteiger partial charge is 0.315 e. The topological polar surface area (TPSA) is 117 Å². The van der Waals surface area contributed by atoms with Crippen LogP contribution in [-0.4, -0.2) is 48.9 Å². The molecule has 1 aromatic heterocycles. The van der Waals surface area contributed by atoms with E-state index < -0.39 is 28.0 Å². The molecule has 2 atom stereocenters. The van der Waals surface area contributed by atoms with Crippen molar-refractivity contribution in [3.63, 3.8) is 0 Å². The van der Waals surface area contributed by atoms with Gasteiger partial charge < -0.3 is 16.0 Å². The first kappa shape index (κ1) is 19.2. The first-order chi connectivity index (χ1) is 11.8. The highest BCUT2D eigenvalue weighted by molar-refractivity contribution is 7.91. The van der Waals surface area contributed by atoms with Crippen molar-refractivity contribution >= 4 is 21.8 Å². The summed E-state index contributed by atoms with van der Waals surface area (Å²) in [5.41, 5.74) is 0.860. The van der Waals surface area contributed by atoms with Crippen LogP contribution in [0.25, 0.3) is 0 Å². The Balaban J connectivity index is 1.86. The predicted molar refractivity (Wildman–Crippen MR) is 93.4 cm³/mol. The second-order valence-corrected chi connectivity index (χ2v) is 8.75. The molecule has 8 nitrogen and oxygen atoms in total. The van der Waals surface area contributed by atoms with E-state index in [4.69, 9.17) is 0 Å². The van der Waals surface area contributed by atoms with E-state index in [1.165, 1.54) is 0 Å². The van der Waals surface area contributed by atoms with Gasteiger partial charge in [-0.15, -0.1) is 0 Å². The van der Waals surface area contributed by atoms with E-state index in [0.717, 1.165) is 5.56 Å². The summed E-state index contributed by atoms with van der Waals surface area (Å²) in [7, 11) is -3.07. The van der Waals surface area contributed by atoms with E-state index in [0.29, 0.717) is 13.0 Å². The van der Waals surface area contributed by atoms with Crippen molar-refractivity contribution < 1.29 is 18.0 Å². The third-order valence-electron chi connectivity index (χ3n) is 3.99. The Morgan fingerprint density at radius 1 is 1.36 bits per heavy atom. The zero-order valence-corrected chi connectivity index (χ0v) is 15.2. The van der Waals surface area contributed by atoms with E-state index >= 15 is 0 Å². The summed E-state index contributed by atoms with van der Waals surface area (Å²) in [5.74, 6) is -0.392. The Bertz CT molecular complexity index is 706. The molecule has 0 spiro atoms. The molecule has 1 fully saturated rings. The molecule has 0 bridgehead atoms. The molecule has 138 valence electrons. The standard InChI is InChI=1S/C16H24N4O4S/c1-11(2)14(15(21)18-9-12-4-3-6-17-8-12)20-16(22)19-13-5-7-25(23,24)10-13/h3-4,6,8,11,13-14H,5,7,9-10H2,1-2H3,(H,18,21)(H2,19,20,22)/t13-,14+/m1/s1. The minimum absolute atomic E-state index is 0.0556. The molecule has 1 aromatic rings. The van der Waals surface area contributed by atoms with Gasteiger partial charge in [0.15, 0.2) is 9.84 Å². The molecule has 1 aliphatic heterocycles. The minimum atomic E-state index is -3.07. The molecule has 3 N–H and O–H groups in total. The number of hydrogen-bond donors (Lipinski definition) is 3. The van der Waals surface area contributed by atoms with Gasteiger partial charge in [0.25, 0.3) is 0 Å². The van der Waals surface area contributed by atoms with Crippen molar-refractivity contribution in [2.75, 3.05) is 11.5 Å². The van der Waals surface area contributed by atoms with Gasteiger partial charge in [-0.05, 0) is 24.0 Å². The summed E-state index contributed by atoms with van der Waals surface area (Å²) >= 11 is 0. The van der Waals surface area contributed by atoms with Gasteiger partial charge in [-0.25, -0.2) is 13.2 Å². The third-order valence-corrected chi connectivity index (χ3v) is 5.76. The molecule has 9 heteroatoms. The second kappa shape index (κ2) is 8.28. The summed E-state index contributed by atoms with van der Waals surface area (Å²) in [6, 6.07) is 1.98. The van der Waals surface area contributed by atoms with E-state index in [1.54, 1.807) is 18.5 Å². The number of carbonyl (C=O) groups excluding carboxylic acids is 2. The molecular weight excluding hydrogens is 344 g/mol. The third kappa shape index (κ3) is 6.00. The Morgan fingerprint density at radius 3 is 2.68 bits per heavy atom. The average Bonchev–Trinajstić information content (AvgIpc) is 2.89. The number of nitrogens with zero attached hydrogens (tertiary/aromatic N) is 1. The molecule has 2 heterocycles. The monoisotopic (exact) mass is 368 g/mol. The summed E-state index contributed by atoms with van der Waals surface area (Å²) < 4.78 is 22.9. The first-order valence-corrected chi connectivity index (χ1v) is 10.0. The van der Waals surface area contributed by atoms with Crippen LogP contribution in [0.5, 0.6) is 0 Å². The number of nitrogens with one attached hydrogen (secondary N) is 3. The number of carbonyl (C=O) groups is 2. The number of amides is 3. The van der Waals surface area contributed by atoms with Gasteiger partial charge in [-0.1, -0.05) is 19.9 Å². The van der Waals surface area contributed by atoms with Crippen molar-refractivity contribution in [3.8, 4) is 0 Å². The highest BCUT2D eigenvalue weighted by atomic mass is 32.2. The molecule has 2 rings (SSSR count). The zero-order chi connectivity index (χ0) is 18.4. The predicted octanol–water partition coefficient (Wildman–Crippen LogP) is 0.209. The number of pyridine rings is 1. The van der Waals surface area contributed by atoms with Crippen molar-refractivity contribution in [3.05, 3.63) is 30.1 Å². The maximum Gasteiger partial charge on any atom is 0.315 e. The number of hydrogen-bond acceptors (Lipinski definition) is 5. The van der Waals surface area contributed by atoms with Crippen molar-refractivity contribution in [2.24, 2.45) is 5.92 Å². The zero-order valence-electron chi connectivity index (χ0n) is 14.4. The lowest BCUT2D eigenvalue weighted by atomic mass is 10.0. The maximum absolute atomic E-state index is 12.4. The molecule has 0 aliphatic carbocycles. The van der Waals surface area contributed by atoms with Crippen LogP contribution in [0.2, 0.25) is 0 Å². The fourth-order valence-electron chi connectivity index (χ4n) is 2.61. The number of sulfone groups is 1. The quantitative estimate of drug-likeness (QED) is 0.663. The van der Waals surface area contributed by atoms with E-state index in [2.05, 4.69) is 20.9 Å². The fraction of sp³-hybridized carbons (Fsp3) is 0.562. The van der Waals surface area contributed by atoms with Crippen molar-refractivity contribution in [1.82, 2.24) is 20.9 Å². The lowest BCUT2D eigenvalue weighted by molar-refractivity contribution is -0.124. The van der Waals surface area contributed by atoms with Crippen LogP contribution in [0.4, 0.5) is 4.79 Å². The minimum Gasteiger partial charge on any atom is -0.350 e. The van der Waals surface area contributed by atoms with Crippen molar-refractivity contribution in [2.45, 2.75) is 38.9 Å². The average molecular weight is 368 g/mol. The lowest BCUT2D eigenvalue weighted by Gasteiger charge is -2.23. The van der Waals surface area contributed by atoms with E-state index in [-0.39, 0.29) is 23.3 Å². The van der Waals surface area contributed by atoms with E-state index in [1.807, 2.05) is 19.9 Å². The Morgan fingerprint density at radius 2 is 2.12 bits per heavy atom. The SMILES string of the molecule is CC(C)[C@H](NC(=O)N[C@@H]1CCS(=O)(=O)C1)C(=O)NCc1cccnc1. The lowest BCUT2D eigenvalue weighted by Crippen LogP contribution is -2.54. The Hall–Kier alpha value is -2.16. The van der Waals surface area contributed by atoms with Gasteiger partial charge in [-0.2, -0.15) is 0 Å². The maximum atomic E-state index is 12.4. The molecule has 1 saturated heterocycles. The number of aromatic nitrogens is 1. The molecule has 0 aromatic carbocycles. The van der Waals surface area contributed by atoms with Gasteiger partial charge in [-0.3, -0.25) is 9.78 Å². The van der Waals surface area contributed by atoms with Crippen LogP contribution < -0.4 is 16.0 Å². The highest BCUT2D eigenvalue weighted by Crippen LogP contribution is 2.11. The highest BCUT2D eigenvalue weighted by Gasteiger charge is 2.30. The van der Waals surface area contributed by atoms with Gasteiger partial charge in [0.1, 0.15) is 6.04 Å². The van der Waals surface area contributed by atoms with Crippen molar-refractivity contribution in [1.29, 1.82) is 0 Å². The van der Waals surface area contributed by atoms with Gasteiger partial charge >= 0.3 is 6.03 Å². The number of rotatable bonds is 6. The van der Waals surface area contributed by atoms with Crippen LogP contribution in [0, 0.1) is 5.92 Å². The van der Waals surface area contributed by atoms with Gasteiger partial charge in [0.2, 0.25) is 5.91 Å². The van der Waals surface area contributed by atoms with Crippen LogP contribution in [0.15, 0.2) is 24.5 Å². The summed E-state index contributed by atoms with van der Waals surface area (Å²) in [6.45, 7) is 3.98. The van der Waals surface area contributed by atoms with Gasteiger partial charge in [0, 0.05) is 25.0 Å². The fourth-order valence-corrected chi connectivity index (χ4v) is 4.29. The second-order valence-electron chi connectivity index (χ2n) is 6.52. The number of urea groups is 1. The summed E-state index contributed by atoms with van der Waals surface area (Å²) in [4.78, 5) is 28.4. The Kier molecular flexibility index (Phi) is 6.35.